The number of aromatic nitrogens is 1. The highest BCUT2D eigenvalue weighted by Crippen LogP contribution is 2.31. The molecular weight excluding hydrogens is 364 g/mol. The number of rotatable bonds is 5. The molecule has 2 rings (SSSR count). The van der Waals surface area contributed by atoms with Gasteiger partial charge in [0, 0.05) is 12.3 Å². The molecule has 2 N–H and O–H groups in total. The Labute approximate surface area is 154 Å². The highest BCUT2D eigenvalue weighted by molar-refractivity contribution is 7.92. The largest absolute Gasteiger partial charge is 0.588 e. The van der Waals surface area contributed by atoms with Crippen LogP contribution in [0.25, 0.3) is 0 Å². The first-order valence-corrected chi connectivity index (χ1v) is 8.92. The number of ether oxygens (including phenoxy) is 1. The minimum Gasteiger partial charge on any atom is -0.588 e. The van der Waals surface area contributed by atoms with Crippen LogP contribution in [0.5, 0.6) is 5.88 Å². The molecule has 0 aliphatic rings. The maximum absolute atomic E-state index is 12.6. The van der Waals surface area contributed by atoms with Crippen molar-refractivity contribution in [1.29, 1.82) is 0 Å². The summed E-state index contributed by atoms with van der Waals surface area (Å²) < 4.78 is 20.6. The van der Waals surface area contributed by atoms with Crippen LogP contribution in [0, 0.1) is 0 Å². The number of benzene rings is 1. The number of hydrogen-bond donors (Lipinski definition) is 2. The number of halogens is 1. The molecule has 1 heterocycles. The summed E-state index contributed by atoms with van der Waals surface area (Å²) in [5.41, 5.74) is 1.14. The van der Waals surface area contributed by atoms with Gasteiger partial charge >= 0.3 is 5.97 Å². The molecule has 1 aromatic heterocycles. The van der Waals surface area contributed by atoms with Gasteiger partial charge < -0.3 is 14.4 Å². The Kier molecular flexibility index (Phi) is 5.82. The van der Waals surface area contributed by atoms with Crippen molar-refractivity contribution >= 4 is 34.6 Å². The SMILES string of the molecule is COc1ncc(C(C)(C)C)cc1N[S+]([O-])c1ccc(Cl)c(C(=O)O)c1. The second-order valence-electron chi connectivity index (χ2n) is 6.35. The summed E-state index contributed by atoms with van der Waals surface area (Å²) in [6.45, 7) is 6.11. The van der Waals surface area contributed by atoms with Gasteiger partial charge in [-0.05, 0) is 29.2 Å². The third kappa shape index (κ3) is 4.56. The molecule has 0 fully saturated rings. The molecule has 0 aliphatic heterocycles. The summed E-state index contributed by atoms with van der Waals surface area (Å²) >= 11 is 4.14. The summed E-state index contributed by atoms with van der Waals surface area (Å²) in [5.74, 6) is -0.883. The predicted molar refractivity (Wildman–Crippen MR) is 97.9 cm³/mol. The van der Waals surface area contributed by atoms with Crippen LogP contribution in [-0.4, -0.2) is 27.7 Å². The molecule has 0 aliphatic carbocycles. The molecule has 1 atom stereocenters. The van der Waals surface area contributed by atoms with Crippen molar-refractivity contribution in [2.45, 2.75) is 31.1 Å². The van der Waals surface area contributed by atoms with Crippen LogP contribution in [0.4, 0.5) is 5.69 Å². The van der Waals surface area contributed by atoms with E-state index in [-0.39, 0.29) is 20.9 Å². The van der Waals surface area contributed by atoms with Crippen LogP contribution in [0.3, 0.4) is 0 Å². The lowest BCUT2D eigenvalue weighted by Gasteiger charge is -2.21. The van der Waals surface area contributed by atoms with Crippen molar-refractivity contribution in [3.63, 3.8) is 0 Å². The molecule has 2 aromatic rings. The lowest BCUT2D eigenvalue weighted by Crippen LogP contribution is -2.17. The summed E-state index contributed by atoms with van der Waals surface area (Å²) in [4.78, 5) is 15.7. The Hall–Kier alpha value is -1.96. The van der Waals surface area contributed by atoms with E-state index < -0.39 is 17.3 Å². The van der Waals surface area contributed by atoms with Crippen molar-refractivity contribution in [2.24, 2.45) is 0 Å². The molecule has 8 heteroatoms. The first kappa shape index (κ1) is 19.4. The minimum atomic E-state index is -1.71. The average Bonchev–Trinajstić information content (AvgIpc) is 2.54. The number of nitrogens with one attached hydrogen (secondary N) is 1. The molecule has 1 aromatic carbocycles. The predicted octanol–water partition coefficient (Wildman–Crippen LogP) is 3.87. The van der Waals surface area contributed by atoms with Crippen molar-refractivity contribution < 1.29 is 19.2 Å². The maximum atomic E-state index is 12.6. The van der Waals surface area contributed by atoms with Crippen molar-refractivity contribution in [2.75, 3.05) is 11.8 Å². The van der Waals surface area contributed by atoms with E-state index >= 15 is 0 Å². The van der Waals surface area contributed by atoms with Gasteiger partial charge in [-0.2, -0.15) is 4.72 Å². The van der Waals surface area contributed by atoms with E-state index in [1.807, 2.05) is 26.8 Å². The zero-order chi connectivity index (χ0) is 18.8. The van der Waals surface area contributed by atoms with Gasteiger partial charge in [-0.15, -0.1) is 0 Å². The molecule has 0 radical (unpaired) electrons. The van der Waals surface area contributed by atoms with Crippen LogP contribution in [0.2, 0.25) is 5.02 Å². The molecule has 6 nitrogen and oxygen atoms in total. The van der Waals surface area contributed by atoms with Gasteiger partial charge in [0.05, 0.1) is 17.7 Å². The zero-order valence-corrected chi connectivity index (χ0v) is 15.9. The fourth-order valence-corrected chi connectivity index (χ4v) is 3.12. The number of pyridine rings is 1. The number of anilines is 1. The van der Waals surface area contributed by atoms with E-state index in [0.29, 0.717) is 11.6 Å². The summed E-state index contributed by atoms with van der Waals surface area (Å²) in [5, 5.41) is 9.22. The molecule has 25 heavy (non-hydrogen) atoms. The monoisotopic (exact) mass is 382 g/mol. The standard InChI is InChI=1S/C17H19ClN2O4S/c1-17(2,3)10-7-14(15(24-4)19-9-10)20-25(23)11-5-6-13(18)12(8-11)16(21)22/h5-9,20H,1-4H3,(H,21,22). The second-order valence-corrected chi connectivity index (χ2v) is 7.97. The van der Waals surface area contributed by atoms with Gasteiger partial charge in [0.25, 0.3) is 0 Å². The molecular formula is C17H19ClN2O4S. The Bertz CT molecular complexity index is 793. The smallest absolute Gasteiger partial charge is 0.337 e. The van der Waals surface area contributed by atoms with Gasteiger partial charge in [-0.1, -0.05) is 32.4 Å². The number of carbonyl (C=O) groups is 1. The Morgan fingerprint density at radius 3 is 2.60 bits per heavy atom. The Morgan fingerprint density at radius 1 is 1.36 bits per heavy atom. The van der Waals surface area contributed by atoms with Gasteiger partial charge in [-0.25, -0.2) is 9.78 Å². The number of carboxylic acids is 1. The number of hydrogen-bond acceptors (Lipinski definition) is 5. The van der Waals surface area contributed by atoms with Gasteiger partial charge in [0.15, 0.2) is 4.90 Å². The fourth-order valence-electron chi connectivity index (χ4n) is 2.04. The van der Waals surface area contributed by atoms with Gasteiger partial charge in [0.1, 0.15) is 17.0 Å². The lowest BCUT2D eigenvalue weighted by molar-refractivity contribution is 0.0697. The minimum absolute atomic E-state index is 0.0854. The Balaban J connectivity index is 2.35. The first-order chi connectivity index (χ1) is 11.6. The fraction of sp³-hybridized carbons (Fsp3) is 0.294. The molecule has 0 saturated carbocycles. The molecule has 0 spiro atoms. The summed E-state index contributed by atoms with van der Waals surface area (Å²) in [6.07, 6.45) is 1.71. The average molecular weight is 383 g/mol. The molecule has 0 amide bonds. The molecule has 134 valence electrons. The summed E-state index contributed by atoms with van der Waals surface area (Å²) in [7, 11) is 1.47. The highest BCUT2D eigenvalue weighted by atomic mass is 35.5. The van der Waals surface area contributed by atoms with E-state index in [0.717, 1.165) is 5.56 Å². The quantitative estimate of drug-likeness (QED) is 0.762. The van der Waals surface area contributed by atoms with Crippen molar-refractivity contribution in [3.05, 3.63) is 46.6 Å². The third-order valence-electron chi connectivity index (χ3n) is 3.50. The number of methoxy groups -OCH3 is 1. The van der Waals surface area contributed by atoms with E-state index in [9.17, 15) is 9.35 Å². The van der Waals surface area contributed by atoms with Crippen molar-refractivity contribution in [1.82, 2.24) is 4.98 Å². The van der Waals surface area contributed by atoms with Gasteiger partial charge in [-0.3, -0.25) is 0 Å². The van der Waals surface area contributed by atoms with E-state index in [2.05, 4.69) is 9.71 Å². The van der Waals surface area contributed by atoms with Crippen LogP contribution in [-0.2, 0) is 16.8 Å². The second kappa shape index (κ2) is 7.51. The van der Waals surface area contributed by atoms with Crippen LogP contribution < -0.4 is 9.46 Å². The maximum Gasteiger partial charge on any atom is 0.337 e. The number of aromatic carboxylic acids is 1. The topological polar surface area (TPSA) is 94.5 Å². The first-order valence-electron chi connectivity index (χ1n) is 7.39. The number of nitrogens with zero attached hydrogens (tertiary/aromatic N) is 1. The summed E-state index contributed by atoms with van der Waals surface area (Å²) in [6, 6.07) is 6.01. The van der Waals surface area contributed by atoms with Crippen molar-refractivity contribution in [3.8, 4) is 5.88 Å². The van der Waals surface area contributed by atoms with Crippen LogP contribution in [0.15, 0.2) is 35.4 Å². The Morgan fingerprint density at radius 2 is 2.04 bits per heavy atom. The van der Waals surface area contributed by atoms with Gasteiger partial charge in [0.2, 0.25) is 5.88 Å². The van der Waals surface area contributed by atoms with E-state index in [1.165, 1.54) is 25.3 Å². The van der Waals surface area contributed by atoms with Crippen LogP contribution >= 0.6 is 11.6 Å². The van der Waals surface area contributed by atoms with E-state index in [4.69, 9.17) is 21.4 Å². The van der Waals surface area contributed by atoms with Crippen LogP contribution in [0.1, 0.15) is 36.7 Å². The normalized spacial score (nSPS) is 12.6. The number of carboxylic acid groups (broad SMARTS) is 1. The molecule has 0 bridgehead atoms. The lowest BCUT2D eigenvalue weighted by atomic mass is 9.88. The molecule has 1 unspecified atom stereocenters. The highest BCUT2D eigenvalue weighted by Gasteiger charge is 2.22. The third-order valence-corrected chi connectivity index (χ3v) is 4.91. The van der Waals surface area contributed by atoms with E-state index in [1.54, 1.807) is 6.20 Å². The molecule has 0 saturated heterocycles. The zero-order valence-electron chi connectivity index (χ0n) is 14.3.